The number of fused-ring (bicyclic) bond motifs is 1. The number of carbonyl (C=O) groups excluding carboxylic acids is 3. The average molecular weight is 626 g/mol. The first kappa shape index (κ1) is 29.9. The summed E-state index contributed by atoms with van der Waals surface area (Å²) >= 11 is 3.24. The molecule has 3 aromatic heterocycles. The normalized spacial score (nSPS) is 18.3. The highest BCUT2D eigenvalue weighted by molar-refractivity contribution is 9.10. The molecule has 0 saturated carbocycles. The molecular formula is C28H29BrFN7O4. The Hall–Kier alpha value is -4.10. The summed E-state index contributed by atoms with van der Waals surface area (Å²) in [4.78, 5) is 53.0. The fourth-order valence-electron chi connectivity index (χ4n) is 4.78. The molecule has 1 aliphatic heterocycles. The van der Waals surface area contributed by atoms with Crippen LogP contribution in [0.2, 0.25) is 0 Å². The molecule has 1 aromatic carbocycles. The zero-order chi connectivity index (χ0) is 28.6. The van der Waals surface area contributed by atoms with Gasteiger partial charge in [0.25, 0.3) is 5.91 Å². The van der Waals surface area contributed by atoms with E-state index in [2.05, 4.69) is 41.3 Å². The quantitative estimate of drug-likeness (QED) is 0.241. The number of aromatic nitrogens is 5. The number of halogens is 2. The summed E-state index contributed by atoms with van der Waals surface area (Å²) in [5.74, 6) is -0.598. The van der Waals surface area contributed by atoms with Crippen LogP contribution in [0, 0.1) is 6.92 Å². The van der Waals surface area contributed by atoms with E-state index in [0.717, 1.165) is 16.0 Å². The van der Waals surface area contributed by atoms with Crippen molar-refractivity contribution in [3.05, 3.63) is 64.9 Å². The molecule has 0 unspecified atom stereocenters. The molecule has 11 nitrogen and oxygen atoms in total. The third kappa shape index (κ3) is 6.00. The van der Waals surface area contributed by atoms with Crippen LogP contribution in [0.3, 0.4) is 0 Å². The molecule has 13 heteroatoms. The number of nitrogens with one attached hydrogen (secondary N) is 1. The molecule has 41 heavy (non-hydrogen) atoms. The minimum Gasteiger partial charge on any atom is -0.376 e. The summed E-state index contributed by atoms with van der Waals surface area (Å²) in [5, 5.41) is 7.59. The van der Waals surface area contributed by atoms with Crippen LogP contribution >= 0.6 is 15.9 Å². The molecule has 0 aliphatic carbocycles. The van der Waals surface area contributed by atoms with Gasteiger partial charge in [-0.2, -0.15) is 5.10 Å². The van der Waals surface area contributed by atoms with Gasteiger partial charge < -0.3 is 15.0 Å². The van der Waals surface area contributed by atoms with Crippen molar-refractivity contribution < 1.29 is 23.5 Å². The first-order valence-electron chi connectivity index (χ1n) is 12.4. The number of carbonyl (C=O) groups is 3. The number of ether oxygens (including phenoxy) is 1. The molecule has 1 N–H and O–H groups in total. The van der Waals surface area contributed by atoms with Gasteiger partial charge in [0.1, 0.15) is 46.8 Å². The lowest BCUT2D eigenvalue weighted by Gasteiger charge is -2.26. The van der Waals surface area contributed by atoms with Gasteiger partial charge in [0.2, 0.25) is 5.91 Å². The number of pyridine rings is 1. The van der Waals surface area contributed by atoms with Gasteiger partial charge in [-0.05, 0) is 52.7 Å². The minimum atomic E-state index is -1.58. The highest BCUT2D eigenvalue weighted by Crippen LogP contribution is 2.29. The number of hydrogen-bond acceptors (Lipinski definition) is 8. The lowest BCUT2D eigenvalue weighted by molar-refractivity contribution is -0.139. The molecule has 3 atom stereocenters. The van der Waals surface area contributed by atoms with Crippen LogP contribution in [0.15, 0.2) is 53.4 Å². The van der Waals surface area contributed by atoms with Crippen molar-refractivity contribution in [1.29, 1.82) is 0 Å². The van der Waals surface area contributed by atoms with Crippen molar-refractivity contribution in [3.63, 3.8) is 0 Å². The maximum absolute atomic E-state index is 14.9. The first-order valence-corrected chi connectivity index (χ1v) is 13.2. The van der Waals surface area contributed by atoms with Crippen LogP contribution in [-0.4, -0.2) is 79.2 Å². The molecule has 0 radical (unpaired) electrons. The topological polar surface area (TPSA) is 132 Å². The highest BCUT2D eigenvalue weighted by Gasteiger charge is 2.48. The first-order chi connectivity index (χ1) is 19.2. The molecule has 4 heterocycles. The number of Topliss-reactive ketones (excluding diaryl/α,β-unsaturated/α-hetero) is 1. The van der Waals surface area contributed by atoms with Crippen molar-refractivity contribution in [2.45, 2.75) is 46.1 Å². The Balaban J connectivity index is 0.00000387. The van der Waals surface area contributed by atoms with Crippen molar-refractivity contribution in [2.24, 2.45) is 0 Å². The highest BCUT2D eigenvalue weighted by atomic mass is 79.9. The van der Waals surface area contributed by atoms with E-state index in [9.17, 15) is 18.8 Å². The van der Waals surface area contributed by atoms with Crippen LogP contribution in [0.4, 0.5) is 10.2 Å². The standard InChI is InChI=1S/C27H25BrFN7O4.CH4/c1-14(37)24-18-9-16(17-10-30-15(2)31-11-17)7-8-20(18)36(34-24)13-23(38)35-12-19(29)26(40-3)25(35)27(39)33-22-6-4-5-21(28)32-22;/h4-11,19,25-26H,12-13H2,1-3H3,(H,32,33,39);1H4/t19-,25-,26+;/m0./s1. The van der Waals surface area contributed by atoms with Gasteiger partial charge in [0, 0.05) is 37.4 Å². The van der Waals surface area contributed by atoms with Gasteiger partial charge in [-0.3, -0.25) is 19.1 Å². The van der Waals surface area contributed by atoms with Gasteiger partial charge in [0.05, 0.1) is 12.1 Å². The fraction of sp³-hybridized carbons (Fsp3) is 0.321. The number of amides is 2. The molecule has 4 aromatic rings. The fourth-order valence-corrected chi connectivity index (χ4v) is 5.13. The zero-order valence-electron chi connectivity index (χ0n) is 21.8. The predicted molar refractivity (Wildman–Crippen MR) is 154 cm³/mol. The Morgan fingerprint density at radius 1 is 1.15 bits per heavy atom. The van der Waals surface area contributed by atoms with Crippen molar-refractivity contribution in [1.82, 2.24) is 29.6 Å². The summed E-state index contributed by atoms with van der Waals surface area (Å²) < 4.78 is 22.1. The number of ketones is 1. The van der Waals surface area contributed by atoms with Crippen molar-refractivity contribution in [3.8, 4) is 11.1 Å². The molecular weight excluding hydrogens is 597 g/mol. The number of benzene rings is 1. The third-order valence-electron chi connectivity index (χ3n) is 6.69. The largest absolute Gasteiger partial charge is 0.376 e. The molecule has 0 spiro atoms. The summed E-state index contributed by atoms with van der Waals surface area (Å²) in [6.07, 6.45) is 0.624. The van der Waals surface area contributed by atoms with Gasteiger partial charge in [0.15, 0.2) is 5.78 Å². The Morgan fingerprint density at radius 3 is 2.54 bits per heavy atom. The lowest BCUT2D eigenvalue weighted by Crippen LogP contribution is -2.49. The van der Waals surface area contributed by atoms with Crippen molar-refractivity contribution in [2.75, 3.05) is 19.0 Å². The zero-order valence-corrected chi connectivity index (χ0v) is 23.4. The molecule has 5 rings (SSSR count). The Bertz CT molecular complexity index is 1610. The van der Waals surface area contributed by atoms with E-state index in [0.29, 0.717) is 21.3 Å². The van der Waals surface area contributed by atoms with E-state index in [1.54, 1.807) is 49.6 Å². The summed E-state index contributed by atoms with van der Waals surface area (Å²) in [7, 11) is 1.29. The Morgan fingerprint density at radius 2 is 1.88 bits per heavy atom. The number of alkyl halides is 1. The summed E-state index contributed by atoms with van der Waals surface area (Å²) in [6.45, 7) is 2.52. The van der Waals surface area contributed by atoms with Crippen LogP contribution in [0.5, 0.6) is 0 Å². The monoisotopic (exact) mass is 625 g/mol. The summed E-state index contributed by atoms with van der Waals surface area (Å²) in [5.41, 5.74) is 2.26. The average Bonchev–Trinajstić information content (AvgIpc) is 3.46. The second-order valence-corrected chi connectivity index (χ2v) is 10.2. The molecule has 0 bridgehead atoms. The maximum atomic E-state index is 14.9. The second-order valence-electron chi connectivity index (χ2n) is 9.36. The number of rotatable bonds is 7. The number of methoxy groups -OCH3 is 1. The number of anilines is 1. The molecule has 1 saturated heterocycles. The number of likely N-dealkylation sites (tertiary alicyclic amines) is 1. The molecule has 2 amide bonds. The van der Waals surface area contributed by atoms with Gasteiger partial charge >= 0.3 is 0 Å². The van der Waals surface area contributed by atoms with E-state index in [1.165, 1.54) is 18.7 Å². The van der Waals surface area contributed by atoms with E-state index in [4.69, 9.17) is 4.74 Å². The Kier molecular flexibility index (Phi) is 8.88. The van der Waals surface area contributed by atoms with E-state index >= 15 is 0 Å². The second kappa shape index (κ2) is 12.2. The lowest BCUT2D eigenvalue weighted by atomic mass is 10.0. The van der Waals surface area contributed by atoms with Crippen LogP contribution in [0.1, 0.15) is 30.7 Å². The Labute approximate surface area is 244 Å². The van der Waals surface area contributed by atoms with Crippen LogP contribution in [-0.2, 0) is 20.9 Å². The van der Waals surface area contributed by atoms with Gasteiger partial charge in [-0.1, -0.05) is 19.6 Å². The van der Waals surface area contributed by atoms with E-state index in [1.807, 2.05) is 6.07 Å². The van der Waals surface area contributed by atoms with Crippen LogP contribution < -0.4 is 5.32 Å². The van der Waals surface area contributed by atoms with Crippen molar-refractivity contribution >= 4 is 50.2 Å². The van der Waals surface area contributed by atoms with Gasteiger partial charge in [-0.25, -0.2) is 19.3 Å². The molecule has 1 aliphatic rings. The van der Waals surface area contributed by atoms with Gasteiger partial charge in [-0.15, -0.1) is 0 Å². The van der Waals surface area contributed by atoms with E-state index < -0.39 is 30.1 Å². The molecule has 214 valence electrons. The summed E-state index contributed by atoms with van der Waals surface area (Å²) in [6, 6.07) is 9.08. The predicted octanol–water partition coefficient (Wildman–Crippen LogP) is 4.00. The molecule has 1 fully saturated rings. The number of hydrogen-bond donors (Lipinski definition) is 1. The number of nitrogens with zero attached hydrogens (tertiary/aromatic N) is 6. The van der Waals surface area contributed by atoms with Crippen LogP contribution in [0.25, 0.3) is 22.0 Å². The van der Waals surface area contributed by atoms with E-state index in [-0.39, 0.29) is 37.8 Å². The third-order valence-corrected chi connectivity index (χ3v) is 7.13. The maximum Gasteiger partial charge on any atom is 0.251 e. The number of aryl methyl sites for hydroxylation is 1. The SMILES string of the molecule is C.CO[C@H]1[C@@H](C(=O)Nc2cccc(Br)n2)N(C(=O)Cn2nc(C(C)=O)c3cc(-c4cnc(C)nc4)ccc32)C[C@@H]1F. The smallest absolute Gasteiger partial charge is 0.251 e. The minimum absolute atomic E-state index is 0.